The highest BCUT2D eigenvalue weighted by Crippen LogP contribution is 2.19. The van der Waals surface area contributed by atoms with Crippen LogP contribution in [0, 0.1) is 0 Å². The molecule has 0 atom stereocenters. The van der Waals surface area contributed by atoms with Gasteiger partial charge in [-0.1, -0.05) is 86.0 Å². The van der Waals surface area contributed by atoms with Gasteiger partial charge in [-0.15, -0.1) is 0 Å². The minimum Gasteiger partial charge on any atom is -0.0812 e. The van der Waals surface area contributed by atoms with Gasteiger partial charge < -0.3 is 0 Å². The lowest BCUT2D eigenvalue weighted by molar-refractivity contribution is 1.28. The van der Waals surface area contributed by atoms with E-state index in [0.29, 0.717) is 0 Å². The third-order valence-electron chi connectivity index (χ3n) is 1.71. The second-order valence-electron chi connectivity index (χ2n) is 2.50. The predicted molar refractivity (Wildman–Crippen MR) is 79.6 cm³/mol. The van der Waals surface area contributed by atoms with E-state index >= 15 is 0 Å². The molecule has 1 rings (SSSR count). The second kappa shape index (κ2) is 6.00. The van der Waals surface area contributed by atoms with Gasteiger partial charge in [0.1, 0.15) is 0 Å². The van der Waals surface area contributed by atoms with Crippen LogP contribution in [0.4, 0.5) is 0 Å². The molecule has 1 aromatic carbocycles. The van der Waals surface area contributed by atoms with Crippen LogP contribution in [0.25, 0.3) is 0 Å². The minimum absolute atomic E-state index is 1.11. The van der Waals surface area contributed by atoms with Crippen molar-refractivity contribution in [1.29, 1.82) is 0 Å². The van der Waals surface area contributed by atoms with E-state index in [2.05, 4.69) is 86.0 Å². The number of benzene rings is 1. The molecule has 0 saturated heterocycles. The molecule has 0 amide bonds. The van der Waals surface area contributed by atoms with Crippen LogP contribution in [-0.2, 0) is 13.3 Å². The summed E-state index contributed by atoms with van der Waals surface area (Å²) in [6.45, 7) is 0. The van der Waals surface area contributed by atoms with Crippen LogP contribution in [0.2, 0.25) is 0 Å². The molecular formula is C9H9I3. The van der Waals surface area contributed by atoms with Crippen molar-refractivity contribution >= 4 is 67.8 Å². The van der Waals surface area contributed by atoms with Crippen molar-refractivity contribution in [3.05, 3.63) is 34.9 Å². The Labute approximate surface area is 114 Å². The lowest BCUT2D eigenvalue weighted by atomic mass is 10.1. The summed E-state index contributed by atoms with van der Waals surface area (Å²) in [5.74, 6) is 0. The van der Waals surface area contributed by atoms with E-state index in [9.17, 15) is 0 Å². The summed E-state index contributed by atoms with van der Waals surface area (Å²) in [5, 5.41) is 0. The molecule has 0 bridgehead atoms. The van der Waals surface area contributed by atoms with Crippen molar-refractivity contribution < 1.29 is 0 Å². The lowest BCUT2D eigenvalue weighted by Crippen LogP contribution is -1.89. The fourth-order valence-corrected chi connectivity index (χ4v) is 2.95. The Balaban J connectivity index is 3.02. The average molecular weight is 498 g/mol. The maximum absolute atomic E-state index is 2.43. The van der Waals surface area contributed by atoms with Gasteiger partial charge in [0.25, 0.3) is 0 Å². The Bertz CT molecular complexity index is 258. The predicted octanol–water partition coefficient (Wildman–Crippen LogP) is 4.49. The zero-order valence-electron chi connectivity index (χ0n) is 6.49. The number of hydrogen-bond donors (Lipinski definition) is 0. The summed E-state index contributed by atoms with van der Waals surface area (Å²) in [4.78, 5) is 0. The number of hydrogen-bond acceptors (Lipinski definition) is 0. The van der Waals surface area contributed by atoms with Crippen LogP contribution >= 0.6 is 67.8 Å². The van der Waals surface area contributed by atoms with E-state index in [-0.39, 0.29) is 0 Å². The number of alkyl halides is 3. The molecule has 3 heteroatoms. The quantitative estimate of drug-likeness (QED) is 0.426. The fraction of sp³-hybridized carbons (Fsp3) is 0.333. The van der Waals surface area contributed by atoms with Gasteiger partial charge >= 0.3 is 0 Å². The Kier molecular flexibility index (Phi) is 5.74. The van der Waals surface area contributed by atoms with Gasteiger partial charge in [0.05, 0.1) is 0 Å². The zero-order valence-corrected chi connectivity index (χ0v) is 13.0. The van der Waals surface area contributed by atoms with Crippen LogP contribution in [0.3, 0.4) is 0 Å². The van der Waals surface area contributed by atoms with Gasteiger partial charge in [-0.25, -0.2) is 0 Å². The van der Waals surface area contributed by atoms with Crippen molar-refractivity contribution in [3.8, 4) is 0 Å². The van der Waals surface area contributed by atoms with E-state index in [4.69, 9.17) is 0 Å². The van der Waals surface area contributed by atoms with E-state index in [1.54, 1.807) is 0 Å². The fourth-order valence-electron chi connectivity index (χ4n) is 1.02. The third-order valence-corrected chi connectivity index (χ3v) is 4.24. The topological polar surface area (TPSA) is 0 Å². The second-order valence-corrected chi connectivity index (χ2v) is 4.79. The monoisotopic (exact) mass is 498 g/mol. The Morgan fingerprint density at radius 3 is 2.00 bits per heavy atom. The summed E-state index contributed by atoms with van der Waals surface area (Å²) in [6.07, 6.45) is 0. The number of halogens is 3. The highest BCUT2D eigenvalue weighted by Gasteiger charge is 2.00. The maximum atomic E-state index is 2.43. The molecule has 0 aliphatic heterocycles. The van der Waals surface area contributed by atoms with Crippen molar-refractivity contribution in [2.75, 3.05) is 0 Å². The molecule has 0 N–H and O–H groups in total. The summed E-state index contributed by atoms with van der Waals surface area (Å²) < 4.78 is 3.36. The molecule has 0 aromatic heterocycles. The zero-order chi connectivity index (χ0) is 8.97. The molecule has 1 aromatic rings. The van der Waals surface area contributed by atoms with Gasteiger partial charge in [0, 0.05) is 13.3 Å². The molecule has 66 valence electrons. The molecule has 0 unspecified atom stereocenters. The van der Waals surface area contributed by atoms with Gasteiger partial charge in [-0.3, -0.25) is 0 Å². The molecule has 0 aliphatic carbocycles. The van der Waals surface area contributed by atoms with E-state index in [1.165, 1.54) is 16.7 Å². The highest BCUT2D eigenvalue weighted by atomic mass is 127. The first-order valence-corrected chi connectivity index (χ1v) is 8.18. The normalized spacial score (nSPS) is 10.2. The van der Waals surface area contributed by atoms with E-state index in [1.807, 2.05) is 0 Å². The molecule has 0 aliphatic rings. The minimum atomic E-state index is 1.11. The first-order valence-electron chi connectivity index (χ1n) is 3.60. The van der Waals surface area contributed by atoms with Crippen LogP contribution in [0.5, 0.6) is 0 Å². The molecular weight excluding hydrogens is 489 g/mol. The van der Waals surface area contributed by atoms with Crippen molar-refractivity contribution in [1.82, 2.24) is 0 Å². The largest absolute Gasteiger partial charge is 0.0812 e. The molecule has 0 radical (unpaired) electrons. The molecule has 0 nitrogen and oxygen atoms in total. The molecule has 0 saturated carbocycles. The standard InChI is InChI=1S/C9H9I3/c10-4-7-1-2-8(5-11)9(3-7)6-12/h1-3H,4-6H2. The Morgan fingerprint density at radius 2 is 1.50 bits per heavy atom. The van der Waals surface area contributed by atoms with Crippen LogP contribution in [-0.4, -0.2) is 0 Å². The summed E-state index contributed by atoms with van der Waals surface area (Å²) in [5.41, 5.74) is 4.42. The third kappa shape index (κ3) is 2.97. The van der Waals surface area contributed by atoms with Crippen LogP contribution < -0.4 is 0 Å². The molecule has 0 fully saturated rings. The maximum Gasteiger partial charge on any atom is 0.0250 e. The highest BCUT2D eigenvalue weighted by molar-refractivity contribution is 14.1. The first kappa shape index (κ1) is 11.5. The van der Waals surface area contributed by atoms with Gasteiger partial charge in [-0.2, -0.15) is 0 Å². The van der Waals surface area contributed by atoms with Gasteiger partial charge in [-0.05, 0) is 16.7 Å². The van der Waals surface area contributed by atoms with Crippen molar-refractivity contribution in [3.63, 3.8) is 0 Å². The van der Waals surface area contributed by atoms with Gasteiger partial charge in [0.15, 0.2) is 0 Å². The van der Waals surface area contributed by atoms with Crippen molar-refractivity contribution in [2.45, 2.75) is 13.3 Å². The van der Waals surface area contributed by atoms with Crippen molar-refractivity contribution in [2.24, 2.45) is 0 Å². The molecule has 0 heterocycles. The Hall–Kier alpha value is 1.41. The van der Waals surface area contributed by atoms with Crippen LogP contribution in [0.15, 0.2) is 18.2 Å². The Morgan fingerprint density at radius 1 is 0.833 bits per heavy atom. The summed E-state index contributed by atoms with van der Waals surface area (Å²) >= 11 is 7.26. The van der Waals surface area contributed by atoms with Crippen LogP contribution in [0.1, 0.15) is 16.7 Å². The van der Waals surface area contributed by atoms with E-state index in [0.717, 1.165) is 13.3 Å². The van der Waals surface area contributed by atoms with E-state index < -0.39 is 0 Å². The summed E-state index contributed by atoms with van der Waals surface area (Å²) in [7, 11) is 0. The smallest absolute Gasteiger partial charge is 0.0250 e. The summed E-state index contributed by atoms with van der Waals surface area (Å²) in [6, 6.07) is 6.82. The SMILES string of the molecule is ICc1ccc(CI)c(CI)c1. The number of rotatable bonds is 3. The molecule has 0 spiro atoms. The van der Waals surface area contributed by atoms with Gasteiger partial charge in [0.2, 0.25) is 0 Å². The lowest BCUT2D eigenvalue weighted by Gasteiger charge is -2.05. The average Bonchev–Trinajstić information content (AvgIpc) is 2.16. The molecule has 12 heavy (non-hydrogen) atoms. The first-order chi connectivity index (χ1) is 5.81.